The van der Waals surface area contributed by atoms with Gasteiger partial charge in [0.15, 0.2) is 25.6 Å². The van der Waals surface area contributed by atoms with Crippen LogP contribution >= 0.6 is 31.9 Å². The van der Waals surface area contributed by atoms with Crippen molar-refractivity contribution in [3.05, 3.63) is 78.7 Å². The van der Waals surface area contributed by atoms with Gasteiger partial charge in [0.1, 0.15) is 17.4 Å². The van der Waals surface area contributed by atoms with Crippen LogP contribution in [0, 0.1) is 13.8 Å². The summed E-state index contributed by atoms with van der Waals surface area (Å²) in [7, 11) is -4.02. The van der Waals surface area contributed by atoms with Gasteiger partial charge in [-0.1, -0.05) is 125 Å². The second-order valence-electron chi connectivity index (χ2n) is 24.5. The van der Waals surface area contributed by atoms with E-state index in [0.29, 0.717) is 36.0 Å². The van der Waals surface area contributed by atoms with Gasteiger partial charge in [-0.2, -0.15) is 0 Å². The predicted octanol–water partition coefficient (Wildman–Crippen LogP) is 14.8. The van der Waals surface area contributed by atoms with Gasteiger partial charge in [0.25, 0.3) is 16.6 Å². The minimum Gasteiger partial charge on any atom is -0.541 e. The molecule has 4 rings (SSSR count). The lowest BCUT2D eigenvalue weighted by atomic mass is 9.85. The van der Waals surface area contributed by atoms with E-state index >= 15 is 4.79 Å². The minimum atomic E-state index is -2.56. The van der Waals surface area contributed by atoms with Gasteiger partial charge in [0.2, 0.25) is 5.91 Å². The minimum absolute atomic E-state index is 0.0857. The number of amides is 2. The van der Waals surface area contributed by atoms with Crippen LogP contribution in [0.2, 0.25) is 54.4 Å². The lowest BCUT2D eigenvalue weighted by Gasteiger charge is -2.48. The Labute approximate surface area is 441 Å². The number of carbonyl (C=O) groups is 2. The van der Waals surface area contributed by atoms with Gasteiger partial charge < -0.3 is 42.4 Å². The maximum Gasteiger partial charge on any atom is 0.408 e. The Morgan fingerprint density at radius 2 is 1.26 bits per heavy atom. The lowest BCUT2D eigenvalue weighted by Crippen LogP contribution is -2.59. The molecule has 0 saturated heterocycles. The Morgan fingerprint density at radius 1 is 0.729 bits per heavy atom. The first-order valence-electron chi connectivity index (χ1n) is 24.6. The van der Waals surface area contributed by atoms with E-state index in [9.17, 15) is 4.79 Å². The lowest BCUT2D eigenvalue weighted by molar-refractivity contribution is -0.142. The van der Waals surface area contributed by atoms with E-state index in [0.717, 1.165) is 42.3 Å². The number of hydrogen-bond donors (Lipinski definition) is 1. The molecule has 1 aliphatic heterocycles. The van der Waals surface area contributed by atoms with Gasteiger partial charge in [0, 0.05) is 32.1 Å². The molecule has 1 aliphatic rings. The number of halogens is 2. The first kappa shape index (κ1) is 59.7. The zero-order chi connectivity index (χ0) is 53.3. The second-order valence-corrected chi connectivity index (χ2v) is 40.4. The number of carbonyl (C=O) groups excluding carboxylic acids is 2. The largest absolute Gasteiger partial charge is 0.541 e. The van der Waals surface area contributed by atoms with Crippen molar-refractivity contribution < 1.29 is 41.8 Å². The van der Waals surface area contributed by atoms with Gasteiger partial charge >= 0.3 is 6.09 Å². The number of methoxy groups -OCH3 is 2. The highest BCUT2D eigenvalue weighted by Crippen LogP contribution is 2.53. The number of rotatable bonds is 17. The third-order valence-electron chi connectivity index (χ3n) is 14.9. The van der Waals surface area contributed by atoms with Crippen LogP contribution in [-0.4, -0.2) is 87.0 Å². The van der Waals surface area contributed by atoms with E-state index in [2.05, 4.69) is 139 Å². The van der Waals surface area contributed by atoms with Crippen molar-refractivity contribution >= 4 is 68.8 Å². The Bertz CT molecular complexity index is 2330. The first-order chi connectivity index (χ1) is 31.9. The summed E-state index contributed by atoms with van der Waals surface area (Å²) < 4.78 is 48.1. The smallest absolute Gasteiger partial charge is 0.408 e. The summed E-state index contributed by atoms with van der Waals surface area (Å²) in [6, 6.07) is 9.62. The SMILES string of the molecule is COc1c(O[Si](C)(C)C(C)(C)C)cc(C[C@H](NC(=O)OC(C)(C)C)C(=O)N2[C@H](CO[Si](C)(C)C(C)(C)C)Cc3c(Br)c(C)c(OC)c(O[Si](C)(C)C(C)(C)C)c3[C@@H]2COCc2ccccc2)c(Br)c1C. The van der Waals surface area contributed by atoms with E-state index in [4.69, 9.17) is 32.2 Å². The van der Waals surface area contributed by atoms with Crippen molar-refractivity contribution in [1.82, 2.24) is 10.2 Å². The van der Waals surface area contributed by atoms with Crippen LogP contribution in [0.5, 0.6) is 23.0 Å². The third kappa shape index (κ3) is 13.8. The van der Waals surface area contributed by atoms with Gasteiger partial charge in [-0.25, -0.2) is 4.79 Å². The van der Waals surface area contributed by atoms with Crippen molar-refractivity contribution in [2.75, 3.05) is 27.4 Å². The fraction of sp³-hybridized carbons (Fsp3) is 0.630. The molecule has 3 aromatic rings. The molecule has 0 fully saturated rings. The summed E-state index contributed by atoms with van der Waals surface area (Å²) in [5.74, 6) is 2.08. The van der Waals surface area contributed by atoms with Crippen LogP contribution in [0.15, 0.2) is 45.3 Å². The van der Waals surface area contributed by atoms with Gasteiger partial charge in [-0.05, 0) is 118 Å². The molecule has 392 valence electrons. The van der Waals surface area contributed by atoms with Crippen LogP contribution in [0.3, 0.4) is 0 Å². The molecule has 3 aromatic carbocycles. The quantitative estimate of drug-likeness (QED) is 0.132. The molecule has 0 aromatic heterocycles. The van der Waals surface area contributed by atoms with E-state index in [1.165, 1.54) is 0 Å². The number of alkyl carbamates (subject to hydrolysis) is 1. The Kier molecular flexibility index (Phi) is 19.0. The fourth-order valence-electron chi connectivity index (χ4n) is 7.70. The molecular weight excluding hydrogens is 1060 g/mol. The van der Waals surface area contributed by atoms with E-state index in [-0.39, 0.29) is 40.7 Å². The van der Waals surface area contributed by atoms with Gasteiger partial charge in [0.05, 0.1) is 46.1 Å². The Hall–Kier alpha value is -2.87. The summed E-state index contributed by atoms with van der Waals surface area (Å²) in [6.45, 7) is 43.2. The van der Waals surface area contributed by atoms with Crippen molar-refractivity contribution in [2.24, 2.45) is 0 Å². The van der Waals surface area contributed by atoms with Crippen LogP contribution in [0.25, 0.3) is 0 Å². The highest BCUT2D eigenvalue weighted by atomic mass is 79.9. The number of nitrogens with zero attached hydrogens (tertiary/aromatic N) is 1. The molecule has 0 radical (unpaired) electrons. The van der Waals surface area contributed by atoms with Crippen LogP contribution in [-0.2, 0) is 38.1 Å². The van der Waals surface area contributed by atoms with Crippen molar-refractivity contribution in [3.8, 4) is 23.0 Å². The molecule has 11 nitrogen and oxygen atoms in total. The molecule has 1 heterocycles. The predicted molar refractivity (Wildman–Crippen MR) is 300 cm³/mol. The molecule has 3 atom stereocenters. The zero-order valence-electron chi connectivity index (χ0n) is 46.6. The molecule has 0 bridgehead atoms. The normalized spacial score (nSPS) is 16.6. The zero-order valence-corrected chi connectivity index (χ0v) is 52.8. The van der Waals surface area contributed by atoms with Gasteiger partial charge in [-0.15, -0.1) is 0 Å². The molecule has 16 heteroatoms. The van der Waals surface area contributed by atoms with Crippen molar-refractivity contribution in [3.63, 3.8) is 0 Å². The molecule has 0 spiro atoms. The summed E-state index contributed by atoms with van der Waals surface area (Å²) in [5, 5.41) is 2.69. The van der Waals surface area contributed by atoms with E-state index in [1.54, 1.807) is 14.2 Å². The van der Waals surface area contributed by atoms with Crippen LogP contribution in [0.1, 0.15) is 123 Å². The average molecular weight is 1150 g/mol. The van der Waals surface area contributed by atoms with E-state index in [1.807, 2.05) is 75.9 Å². The van der Waals surface area contributed by atoms with Crippen molar-refractivity contribution in [2.45, 2.75) is 195 Å². The van der Waals surface area contributed by atoms with Crippen LogP contribution in [0.4, 0.5) is 4.79 Å². The number of nitrogens with one attached hydrogen (secondary N) is 1. The molecule has 70 heavy (non-hydrogen) atoms. The third-order valence-corrected chi connectivity index (χ3v) is 30.3. The number of hydrogen-bond acceptors (Lipinski definition) is 9. The monoisotopic (exact) mass is 1150 g/mol. The molecular formula is C54H86Br2N2O9Si3. The number of benzene rings is 3. The summed E-state index contributed by atoms with van der Waals surface area (Å²) >= 11 is 7.96. The second kappa shape index (κ2) is 22.3. The van der Waals surface area contributed by atoms with Crippen LogP contribution < -0.4 is 23.6 Å². The van der Waals surface area contributed by atoms with Crippen molar-refractivity contribution in [1.29, 1.82) is 0 Å². The molecule has 1 N–H and O–H groups in total. The Morgan fingerprint density at radius 3 is 1.77 bits per heavy atom. The number of ether oxygens (including phenoxy) is 4. The number of fused-ring (bicyclic) bond motifs is 1. The summed E-state index contributed by atoms with van der Waals surface area (Å²) in [6.07, 6.45) is -0.197. The summed E-state index contributed by atoms with van der Waals surface area (Å²) in [5.41, 5.74) is 4.45. The Balaban J connectivity index is 2.11. The highest BCUT2D eigenvalue weighted by Gasteiger charge is 2.49. The van der Waals surface area contributed by atoms with Gasteiger partial charge in [-0.3, -0.25) is 4.79 Å². The van der Waals surface area contributed by atoms with E-state index < -0.39 is 54.8 Å². The maximum absolute atomic E-state index is 16.4. The standard InChI is InChI=1S/C54H86Br2N2O9Si3/c1-34-44(55)37(29-42(46(34)61-15)66-69(19,20)53(9,10)11)28-40(57-50(60)65-51(3,4)5)49(59)58-38(32-64-68(17,18)52(6,7)8)30-39-43(41(58)33-63-31-36-26-24-23-25-27-36)48(47(62-16)35(2)45(39)56)67-70(21,22)54(12,13)14/h23-27,29,38,40-41H,28,30-33H2,1-22H3,(H,57,60)/t38-,40-,41-/m0/s1. The first-order valence-corrected chi connectivity index (χ1v) is 34.9. The molecule has 0 aliphatic carbocycles. The summed E-state index contributed by atoms with van der Waals surface area (Å²) in [4.78, 5) is 32.5. The topological polar surface area (TPSA) is 114 Å². The highest BCUT2D eigenvalue weighted by molar-refractivity contribution is 9.11. The molecule has 2 amide bonds. The fourth-order valence-corrected chi connectivity index (χ4v) is 11.8. The maximum atomic E-state index is 16.4. The average Bonchev–Trinajstić information content (AvgIpc) is 3.21. The molecule has 0 unspecified atom stereocenters. The molecule has 0 saturated carbocycles.